The number of aryl methyl sites for hydroxylation is 1. The Kier molecular flexibility index (Phi) is 5.63. The average Bonchev–Trinajstić information content (AvgIpc) is 3.68. The monoisotopic (exact) mass is 491 g/mol. The molecular weight excluding hydrogens is 462 g/mol. The molecule has 0 atom stereocenters. The van der Waals surface area contributed by atoms with Crippen molar-refractivity contribution in [3.63, 3.8) is 0 Å². The van der Waals surface area contributed by atoms with Crippen LogP contribution >= 0.6 is 12.6 Å². The van der Waals surface area contributed by atoms with Crippen LogP contribution in [0.1, 0.15) is 44.2 Å². The Morgan fingerprint density at radius 2 is 1.88 bits per heavy atom. The number of ether oxygens (including phenoxy) is 1. The van der Waals surface area contributed by atoms with Crippen LogP contribution < -0.4 is 4.74 Å². The first-order valence-corrected chi connectivity index (χ1v) is 13.3. The van der Waals surface area contributed by atoms with Crippen molar-refractivity contribution < 1.29 is 23.4 Å². The molecular formula is C23H29N3O5S2. The molecule has 0 spiro atoms. The maximum absolute atomic E-state index is 13.2. The van der Waals surface area contributed by atoms with Gasteiger partial charge in [-0.1, -0.05) is 0 Å². The van der Waals surface area contributed by atoms with Crippen molar-refractivity contribution >= 4 is 27.5 Å². The van der Waals surface area contributed by atoms with Crippen molar-refractivity contribution in [2.75, 3.05) is 7.11 Å². The molecule has 2 aromatic rings. The Morgan fingerprint density at radius 3 is 2.42 bits per heavy atom. The van der Waals surface area contributed by atoms with Gasteiger partial charge in [-0.05, 0) is 75.5 Å². The van der Waals surface area contributed by atoms with E-state index in [1.807, 2.05) is 6.92 Å². The number of rotatable bonds is 8. The zero-order chi connectivity index (χ0) is 23.5. The molecule has 3 aliphatic rings. The summed E-state index contributed by atoms with van der Waals surface area (Å²) in [6.07, 6.45) is 5.30. The predicted molar refractivity (Wildman–Crippen MR) is 127 cm³/mol. The summed E-state index contributed by atoms with van der Waals surface area (Å²) in [4.78, 5) is 4.47. The van der Waals surface area contributed by atoms with E-state index in [4.69, 9.17) is 4.74 Å². The molecule has 3 saturated carbocycles. The number of hydrogen-bond acceptors (Lipinski definition) is 7. The fourth-order valence-electron chi connectivity index (χ4n) is 4.79. The summed E-state index contributed by atoms with van der Waals surface area (Å²) >= 11 is 4.61. The predicted octanol–water partition coefficient (Wildman–Crippen LogP) is 2.81. The van der Waals surface area contributed by atoms with Gasteiger partial charge in [0.05, 0.1) is 29.9 Å². The van der Waals surface area contributed by atoms with Crippen LogP contribution in [0.4, 0.5) is 0 Å². The molecule has 0 bridgehead atoms. The van der Waals surface area contributed by atoms with Gasteiger partial charge in [-0.25, -0.2) is 18.1 Å². The standard InChI is InChI=1S/C23H29N3O5S2/c1-13-21(26(12-24-13)25-22(32)23(28,15-4-5-15)16-6-7-16)14-3-8-19(31-2)20(9-14)33(29,30)18-10-17(27)11-18/h3,8-9,12,15-18,27-28H,4-7,10-11H2,1-2H3,(H,25,32)/t17-,18+. The molecule has 1 aromatic carbocycles. The van der Waals surface area contributed by atoms with E-state index in [1.165, 1.54) is 7.11 Å². The number of aliphatic hydroxyl groups is 2. The highest BCUT2D eigenvalue weighted by Crippen LogP contribution is 2.53. The lowest BCUT2D eigenvalue weighted by Gasteiger charge is -2.31. The number of sulfone groups is 1. The van der Waals surface area contributed by atoms with Crippen LogP contribution in [0.15, 0.2) is 34.5 Å². The molecule has 0 radical (unpaired) electrons. The molecule has 0 amide bonds. The fraction of sp³-hybridized carbons (Fsp3) is 0.565. The Morgan fingerprint density at radius 1 is 1.24 bits per heavy atom. The number of aromatic nitrogens is 2. The van der Waals surface area contributed by atoms with E-state index in [-0.39, 0.29) is 35.3 Å². The number of imidazole rings is 1. The van der Waals surface area contributed by atoms with Crippen LogP contribution in [0.2, 0.25) is 0 Å². The van der Waals surface area contributed by atoms with Crippen molar-refractivity contribution in [3.8, 4) is 17.0 Å². The summed E-state index contributed by atoms with van der Waals surface area (Å²) in [6, 6.07) is 4.99. The number of nitrogens with zero attached hydrogens (tertiary/aromatic N) is 3. The SMILES string of the molecule is COc1ccc(-c2c(C)ncn2/N=C(\S)C(O)(C2CC2)C2CC2)cc1S(=O)(=O)[C@H]1C[C@@H](O)C1. The Bertz CT molecular complexity index is 1200. The van der Waals surface area contributed by atoms with Gasteiger partial charge in [0.2, 0.25) is 0 Å². The van der Waals surface area contributed by atoms with Gasteiger partial charge in [0.25, 0.3) is 0 Å². The zero-order valence-electron chi connectivity index (χ0n) is 18.7. The van der Waals surface area contributed by atoms with Crippen molar-refractivity contribution in [1.29, 1.82) is 0 Å². The smallest absolute Gasteiger partial charge is 0.185 e. The normalized spacial score (nSPS) is 24.0. The van der Waals surface area contributed by atoms with Crippen molar-refractivity contribution in [2.24, 2.45) is 16.9 Å². The van der Waals surface area contributed by atoms with Crippen molar-refractivity contribution in [1.82, 2.24) is 9.66 Å². The highest BCUT2D eigenvalue weighted by molar-refractivity contribution is 7.97. The molecule has 178 valence electrons. The molecule has 8 nitrogen and oxygen atoms in total. The number of aliphatic hydroxyl groups excluding tert-OH is 1. The van der Waals surface area contributed by atoms with Gasteiger partial charge in [-0.15, -0.1) is 12.6 Å². The second-order valence-corrected chi connectivity index (χ2v) is 12.1. The Hall–Kier alpha value is -1.88. The summed E-state index contributed by atoms with van der Waals surface area (Å²) < 4.78 is 33.4. The summed E-state index contributed by atoms with van der Waals surface area (Å²) in [5.41, 5.74) is 0.908. The number of hydrogen-bond donors (Lipinski definition) is 3. The second-order valence-electron chi connectivity index (χ2n) is 9.48. The number of benzene rings is 1. The lowest BCUT2D eigenvalue weighted by Crippen LogP contribution is -2.41. The van der Waals surface area contributed by atoms with Crippen molar-refractivity contribution in [3.05, 3.63) is 30.2 Å². The summed E-state index contributed by atoms with van der Waals surface area (Å²) in [6.45, 7) is 1.83. The summed E-state index contributed by atoms with van der Waals surface area (Å²) in [5, 5.41) is 25.4. The van der Waals surface area contributed by atoms with E-state index in [0.717, 1.165) is 25.7 Å². The van der Waals surface area contributed by atoms with E-state index in [9.17, 15) is 18.6 Å². The van der Waals surface area contributed by atoms with Crippen LogP contribution in [0.25, 0.3) is 11.3 Å². The molecule has 0 unspecified atom stereocenters. The Balaban J connectivity index is 1.55. The second kappa shape index (κ2) is 8.11. The maximum atomic E-state index is 13.2. The summed E-state index contributed by atoms with van der Waals surface area (Å²) in [7, 11) is -2.24. The first kappa shape index (κ1) is 22.9. The van der Waals surface area contributed by atoms with E-state index in [2.05, 4.69) is 22.7 Å². The molecule has 1 aromatic heterocycles. The van der Waals surface area contributed by atoms with Gasteiger partial charge in [0.15, 0.2) is 9.84 Å². The topological polar surface area (TPSA) is 114 Å². The molecule has 10 heteroatoms. The van der Waals surface area contributed by atoms with Gasteiger partial charge in [0, 0.05) is 5.56 Å². The third-order valence-corrected chi connectivity index (χ3v) is 9.79. The Labute approximate surface area is 199 Å². The van der Waals surface area contributed by atoms with Gasteiger partial charge in [-0.3, -0.25) is 0 Å². The molecule has 1 heterocycles. The molecule has 0 saturated heterocycles. The largest absolute Gasteiger partial charge is 0.495 e. The van der Waals surface area contributed by atoms with Crippen molar-refractivity contribution in [2.45, 2.75) is 67.3 Å². The van der Waals surface area contributed by atoms with Gasteiger partial charge >= 0.3 is 0 Å². The lowest BCUT2D eigenvalue weighted by molar-refractivity contribution is 0.0681. The molecule has 5 rings (SSSR count). The lowest BCUT2D eigenvalue weighted by atomic mass is 9.93. The van der Waals surface area contributed by atoms with Crippen LogP contribution in [0, 0.1) is 18.8 Å². The van der Waals surface area contributed by atoms with Crippen LogP contribution in [0.3, 0.4) is 0 Å². The summed E-state index contributed by atoms with van der Waals surface area (Å²) in [5.74, 6) is 0.633. The van der Waals surface area contributed by atoms with Gasteiger partial charge < -0.3 is 14.9 Å². The van der Waals surface area contributed by atoms with E-state index in [1.54, 1.807) is 29.2 Å². The number of thiol groups is 1. The minimum absolute atomic E-state index is 0.0918. The zero-order valence-corrected chi connectivity index (χ0v) is 20.4. The van der Waals surface area contributed by atoms with Crippen LogP contribution in [-0.2, 0) is 9.84 Å². The minimum atomic E-state index is -3.68. The third-order valence-electron chi connectivity index (χ3n) is 7.15. The van der Waals surface area contributed by atoms with Crippen LogP contribution in [-0.4, -0.2) is 57.4 Å². The average molecular weight is 492 g/mol. The van der Waals surface area contributed by atoms with E-state index >= 15 is 0 Å². The molecule has 0 aliphatic heterocycles. The quantitative estimate of drug-likeness (QED) is 0.297. The first-order valence-electron chi connectivity index (χ1n) is 11.3. The van der Waals surface area contributed by atoms with Gasteiger partial charge in [-0.2, -0.15) is 5.10 Å². The third kappa shape index (κ3) is 3.90. The van der Waals surface area contributed by atoms with E-state index < -0.39 is 26.8 Å². The highest BCUT2D eigenvalue weighted by Gasteiger charge is 2.56. The minimum Gasteiger partial charge on any atom is -0.495 e. The number of methoxy groups -OCH3 is 1. The van der Waals surface area contributed by atoms with E-state index in [0.29, 0.717) is 22.0 Å². The first-order chi connectivity index (χ1) is 15.7. The molecule has 33 heavy (non-hydrogen) atoms. The molecule has 3 aliphatic carbocycles. The van der Waals surface area contributed by atoms with Gasteiger partial charge in [0.1, 0.15) is 27.6 Å². The molecule has 3 fully saturated rings. The highest BCUT2D eigenvalue weighted by atomic mass is 32.2. The fourth-order valence-corrected chi connectivity index (χ4v) is 7.28. The van der Waals surface area contributed by atoms with Crippen LogP contribution in [0.5, 0.6) is 5.75 Å². The maximum Gasteiger partial charge on any atom is 0.185 e. The molecule has 2 N–H and O–H groups in total.